The Morgan fingerprint density at radius 3 is 2.50 bits per heavy atom. The Labute approximate surface area is 168 Å². The van der Waals surface area contributed by atoms with Crippen LogP contribution in [-0.4, -0.2) is 72.5 Å². The van der Waals surface area contributed by atoms with Crippen molar-refractivity contribution < 1.29 is 9.63 Å². The molecule has 1 fully saturated rings. The summed E-state index contributed by atoms with van der Waals surface area (Å²) in [5.74, 6) is 0.888. The number of hydrogen-bond acceptors (Lipinski definition) is 6. The van der Waals surface area contributed by atoms with Crippen LogP contribution in [0, 0.1) is 0 Å². The molecular weight excluding hydrogens is 352 g/mol. The highest BCUT2D eigenvalue weighted by Crippen LogP contribution is 2.33. The molecule has 1 saturated heterocycles. The van der Waals surface area contributed by atoms with Crippen molar-refractivity contribution in [2.45, 2.75) is 39.3 Å². The van der Waals surface area contributed by atoms with E-state index in [0.717, 1.165) is 74.8 Å². The minimum atomic E-state index is -0.307. The Bertz CT molecular complexity index is 711. The maximum absolute atomic E-state index is 10.2. The fourth-order valence-electron chi connectivity index (χ4n) is 3.73. The number of aromatic nitrogens is 1. The molecule has 0 bridgehead atoms. The molecule has 154 valence electrons. The Morgan fingerprint density at radius 2 is 1.86 bits per heavy atom. The van der Waals surface area contributed by atoms with Gasteiger partial charge < -0.3 is 19.4 Å². The van der Waals surface area contributed by atoms with E-state index in [1.807, 2.05) is 25.1 Å². The van der Waals surface area contributed by atoms with Gasteiger partial charge in [-0.1, -0.05) is 49.3 Å². The standard InChI is InChI=1S/C22H34N4O2/c1-4-11-25(16-19(27)5-2)17-20-21(18-9-7-6-8-10-18)23-28-22(20)26-14-12-24(3)13-15-26/h6-10,19,27H,4-5,11-17H2,1-3H3/t19-/m0/s1. The zero-order valence-electron chi connectivity index (χ0n) is 17.5. The molecule has 0 spiro atoms. The zero-order valence-corrected chi connectivity index (χ0v) is 17.5. The Hall–Kier alpha value is -1.89. The fraction of sp³-hybridized carbons (Fsp3) is 0.591. The normalized spacial score (nSPS) is 16.7. The third-order valence-electron chi connectivity index (χ3n) is 5.47. The van der Waals surface area contributed by atoms with E-state index in [0.29, 0.717) is 6.54 Å². The number of hydrogen-bond donors (Lipinski definition) is 1. The molecule has 0 aliphatic carbocycles. The molecule has 2 heterocycles. The molecule has 28 heavy (non-hydrogen) atoms. The van der Waals surface area contributed by atoms with E-state index >= 15 is 0 Å². The molecule has 6 nitrogen and oxygen atoms in total. The second kappa shape index (κ2) is 10.0. The van der Waals surface area contributed by atoms with E-state index in [1.165, 1.54) is 0 Å². The van der Waals surface area contributed by atoms with Gasteiger partial charge in [0, 0.05) is 44.8 Å². The van der Waals surface area contributed by atoms with Crippen molar-refractivity contribution in [2.24, 2.45) is 0 Å². The van der Waals surface area contributed by atoms with Crippen LogP contribution >= 0.6 is 0 Å². The molecule has 0 saturated carbocycles. The Kier molecular flexibility index (Phi) is 7.48. The molecule has 6 heteroatoms. The van der Waals surface area contributed by atoms with Crippen molar-refractivity contribution >= 4 is 5.88 Å². The summed E-state index contributed by atoms with van der Waals surface area (Å²) in [7, 11) is 2.16. The van der Waals surface area contributed by atoms with E-state index in [2.05, 4.69) is 46.0 Å². The van der Waals surface area contributed by atoms with Gasteiger partial charge in [-0.15, -0.1) is 0 Å². The largest absolute Gasteiger partial charge is 0.392 e. The van der Waals surface area contributed by atoms with Crippen LogP contribution in [0.1, 0.15) is 32.3 Å². The zero-order chi connectivity index (χ0) is 19.9. The number of likely N-dealkylation sites (N-methyl/N-ethyl adjacent to an activating group) is 1. The Morgan fingerprint density at radius 1 is 1.14 bits per heavy atom. The number of piperazine rings is 1. The highest BCUT2D eigenvalue weighted by atomic mass is 16.5. The first-order chi connectivity index (χ1) is 13.6. The van der Waals surface area contributed by atoms with Crippen molar-refractivity contribution in [2.75, 3.05) is 51.2 Å². The SMILES string of the molecule is CCCN(Cc1c(-c2ccccc2)noc1N1CCN(C)CC1)C[C@@H](O)CC. The van der Waals surface area contributed by atoms with Crippen molar-refractivity contribution in [3.63, 3.8) is 0 Å². The van der Waals surface area contributed by atoms with E-state index in [4.69, 9.17) is 4.52 Å². The maximum atomic E-state index is 10.2. The molecule has 2 aromatic rings. The second-order valence-electron chi connectivity index (χ2n) is 7.77. The van der Waals surface area contributed by atoms with Crippen LogP contribution in [0.4, 0.5) is 5.88 Å². The first-order valence-electron chi connectivity index (χ1n) is 10.5. The summed E-state index contributed by atoms with van der Waals surface area (Å²) >= 11 is 0. The predicted octanol–water partition coefficient (Wildman–Crippen LogP) is 3.08. The highest BCUT2D eigenvalue weighted by Gasteiger charge is 2.26. The van der Waals surface area contributed by atoms with Crippen LogP contribution in [0.5, 0.6) is 0 Å². The molecular formula is C22H34N4O2. The fourth-order valence-corrected chi connectivity index (χ4v) is 3.73. The van der Waals surface area contributed by atoms with Crippen molar-refractivity contribution in [1.82, 2.24) is 15.0 Å². The second-order valence-corrected chi connectivity index (χ2v) is 7.77. The van der Waals surface area contributed by atoms with Crippen LogP contribution in [-0.2, 0) is 6.54 Å². The number of nitrogens with zero attached hydrogens (tertiary/aromatic N) is 4. The van der Waals surface area contributed by atoms with Crippen molar-refractivity contribution in [3.05, 3.63) is 35.9 Å². The summed E-state index contributed by atoms with van der Waals surface area (Å²) in [4.78, 5) is 6.98. The van der Waals surface area contributed by atoms with Crippen molar-refractivity contribution in [3.8, 4) is 11.3 Å². The van der Waals surface area contributed by atoms with Gasteiger partial charge >= 0.3 is 0 Å². The monoisotopic (exact) mass is 386 g/mol. The Balaban J connectivity index is 1.91. The number of aliphatic hydroxyl groups excluding tert-OH is 1. The van der Waals surface area contributed by atoms with Crippen LogP contribution in [0.2, 0.25) is 0 Å². The first kappa shape index (κ1) is 20.8. The average Bonchev–Trinajstić information content (AvgIpc) is 3.12. The van der Waals surface area contributed by atoms with Gasteiger partial charge in [-0.2, -0.15) is 0 Å². The molecule has 1 aliphatic heterocycles. The van der Waals surface area contributed by atoms with Crippen LogP contribution < -0.4 is 4.90 Å². The lowest BCUT2D eigenvalue weighted by molar-refractivity contribution is 0.105. The van der Waals surface area contributed by atoms with E-state index in [-0.39, 0.29) is 6.10 Å². The molecule has 1 N–H and O–H groups in total. The number of anilines is 1. The van der Waals surface area contributed by atoms with Crippen LogP contribution in [0.3, 0.4) is 0 Å². The van der Waals surface area contributed by atoms with Gasteiger partial charge in [0.25, 0.3) is 0 Å². The van der Waals surface area contributed by atoms with E-state index in [1.54, 1.807) is 0 Å². The molecule has 3 rings (SSSR count). The van der Waals surface area contributed by atoms with Gasteiger partial charge in [0.2, 0.25) is 5.88 Å². The lowest BCUT2D eigenvalue weighted by atomic mass is 10.1. The molecule has 0 radical (unpaired) electrons. The lowest BCUT2D eigenvalue weighted by Crippen LogP contribution is -2.44. The smallest absolute Gasteiger partial charge is 0.232 e. The molecule has 1 atom stereocenters. The van der Waals surface area contributed by atoms with Gasteiger partial charge in [0.05, 0.1) is 11.7 Å². The van der Waals surface area contributed by atoms with Gasteiger partial charge in [-0.3, -0.25) is 4.90 Å². The minimum absolute atomic E-state index is 0.307. The maximum Gasteiger partial charge on any atom is 0.232 e. The van der Waals surface area contributed by atoms with Gasteiger partial charge in [0.15, 0.2) is 0 Å². The lowest BCUT2D eigenvalue weighted by Gasteiger charge is -2.33. The molecule has 1 aromatic carbocycles. The predicted molar refractivity (Wildman–Crippen MR) is 114 cm³/mol. The molecule has 0 amide bonds. The summed E-state index contributed by atoms with van der Waals surface area (Å²) in [6.45, 7) is 10.5. The molecule has 1 aliphatic rings. The first-order valence-corrected chi connectivity index (χ1v) is 10.5. The third-order valence-corrected chi connectivity index (χ3v) is 5.47. The van der Waals surface area contributed by atoms with E-state index < -0.39 is 0 Å². The summed E-state index contributed by atoms with van der Waals surface area (Å²) in [6.07, 6.45) is 1.51. The summed E-state index contributed by atoms with van der Waals surface area (Å²) in [5, 5.41) is 14.7. The summed E-state index contributed by atoms with van der Waals surface area (Å²) in [5.41, 5.74) is 3.13. The van der Waals surface area contributed by atoms with Gasteiger partial charge in [0.1, 0.15) is 5.69 Å². The quantitative estimate of drug-likeness (QED) is 0.715. The topological polar surface area (TPSA) is 56.0 Å². The molecule has 0 unspecified atom stereocenters. The average molecular weight is 387 g/mol. The van der Waals surface area contributed by atoms with E-state index in [9.17, 15) is 5.11 Å². The summed E-state index contributed by atoms with van der Waals surface area (Å²) in [6, 6.07) is 10.3. The molecule has 1 aromatic heterocycles. The summed E-state index contributed by atoms with van der Waals surface area (Å²) < 4.78 is 5.90. The minimum Gasteiger partial charge on any atom is -0.392 e. The third kappa shape index (κ3) is 5.13. The van der Waals surface area contributed by atoms with Gasteiger partial charge in [-0.05, 0) is 26.4 Å². The van der Waals surface area contributed by atoms with Crippen LogP contribution in [0.25, 0.3) is 11.3 Å². The van der Waals surface area contributed by atoms with Crippen molar-refractivity contribution in [1.29, 1.82) is 0 Å². The number of aliphatic hydroxyl groups is 1. The highest BCUT2D eigenvalue weighted by molar-refractivity contribution is 5.68. The number of benzene rings is 1. The van der Waals surface area contributed by atoms with Crippen LogP contribution in [0.15, 0.2) is 34.9 Å². The number of rotatable bonds is 9. The van der Waals surface area contributed by atoms with Gasteiger partial charge in [-0.25, -0.2) is 0 Å².